The summed E-state index contributed by atoms with van der Waals surface area (Å²) in [6, 6.07) is -0.571. The quantitative estimate of drug-likeness (QED) is 0.720. The van der Waals surface area contributed by atoms with Crippen LogP contribution in [0, 0.1) is 5.41 Å². The Morgan fingerprint density at radius 3 is 2.26 bits per heavy atom. The number of amides is 1. The van der Waals surface area contributed by atoms with Crippen molar-refractivity contribution in [2.24, 2.45) is 11.1 Å². The molecule has 1 saturated carbocycles. The molecular formula is C11H17F3N2O3. The fraction of sp³-hybridized carbons (Fsp3) is 0.818. The van der Waals surface area contributed by atoms with Crippen molar-refractivity contribution < 1.29 is 27.9 Å². The minimum absolute atomic E-state index is 0.341. The monoisotopic (exact) mass is 282 g/mol. The number of carboxylic acid groups (broad SMARTS) is 1. The molecule has 1 aliphatic rings. The number of carboxylic acids is 1. The van der Waals surface area contributed by atoms with E-state index < -0.39 is 35.0 Å². The third-order valence-corrected chi connectivity index (χ3v) is 3.91. The Hall–Kier alpha value is -1.31. The molecule has 4 N–H and O–H groups in total. The predicted octanol–water partition coefficient (Wildman–Crippen LogP) is 1.03. The van der Waals surface area contributed by atoms with Crippen LogP contribution in [0.25, 0.3) is 0 Å². The first-order valence-corrected chi connectivity index (χ1v) is 5.83. The summed E-state index contributed by atoms with van der Waals surface area (Å²) >= 11 is 0. The topological polar surface area (TPSA) is 92.4 Å². The van der Waals surface area contributed by atoms with Crippen LogP contribution in [0.5, 0.6) is 0 Å². The maximum absolute atomic E-state index is 12.8. The van der Waals surface area contributed by atoms with Crippen molar-refractivity contribution in [2.45, 2.75) is 50.9 Å². The van der Waals surface area contributed by atoms with Gasteiger partial charge in [0.1, 0.15) is 0 Å². The zero-order chi connectivity index (χ0) is 15.1. The zero-order valence-corrected chi connectivity index (χ0v) is 10.7. The van der Waals surface area contributed by atoms with E-state index in [-0.39, 0.29) is 0 Å². The van der Waals surface area contributed by atoms with E-state index in [1.807, 2.05) is 0 Å². The maximum atomic E-state index is 12.8. The molecule has 5 nitrogen and oxygen atoms in total. The molecule has 110 valence electrons. The van der Waals surface area contributed by atoms with E-state index in [1.54, 1.807) is 5.32 Å². The maximum Gasteiger partial charge on any atom is 0.422 e. The molecule has 1 fully saturated rings. The van der Waals surface area contributed by atoms with Gasteiger partial charge in [-0.1, -0.05) is 6.42 Å². The van der Waals surface area contributed by atoms with Crippen LogP contribution in [0.4, 0.5) is 13.2 Å². The van der Waals surface area contributed by atoms with Crippen LogP contribution in [0.15, 0.2) is 0 Å². The van der Waals surface area contributed by atoms with Crippen LogP contribution in [0.2, 0.25) is 0 Å². The molecule has 0 aromatic rings. The number of nitrogens with one attached hydrogen (secondary N) is 1. The SMILES string of the molecule is CC1(C(=O)NC(C)(C(=O)O)C(F)(F)F)CCCC1N. The molecule has 8 heteroatoms. The molecule has 3 atom stereocenters. The van der Waals surface area contributed by atoms with Crippen molar-refractivity contribution >= 4 is 11.9 Å². The van der Waals surface area contributed by atoms with Crippen LogP contribution < -0.4 is 11.1 Å². The number of alkyl halides is 3. The van der Waals surface area contributed by atoms with Gasteiger partial charge in [0.05, 0.1) is 5.41 Å². The van der Waals surface area contributed by atoms with Crippen molar-refractivity contribution in [1.82, 2.24) is 5.32 Å². The number of nitrogens with two attached hydrogens (primary N) is 1. The lowest BCUT2D eigenvalue weighted by Gasteiger charge is -2.34. The molecule has 3 unspecified atom stereocenters. The van der Waals surface area contributed by atoms with Gasteiger partial charge in [-0.2, -0.15) is 13.2 Å². The van der Waals surface area contributed by atoms with E-state index in [0.29, 0.717) is 26.2 Å². The molecule has 1 aliphatic carbocycles. The Morgan fingerprint density at radius 1 is 1.42 bits per heavy atom. The van der Waals surface area contributed by atoms with Crippen LogP contribution in [0.1, 0.15) is 33.1 Å². The Kier molecular flexibility index (Phi) is 3.86. The van der Waals surface area contributed by atoms with E-state index in [1.165, 1.54) is 6.92 Å². The number of hydrogen-bond acceptors (Lipinski definition) is 3. The molecule has 0 radical (unpaired) electrons. The Labute approximate surface area is 108 Å². The minimum Gasteiger partial charge on any atom is -0.479 e. The van der Waals surface area contributed by atoms with Crippen LogP contribution in [0.3, 0.4) is 0 Å². The lowest BCUT2D eigenvalue weighted by Crippen LogP contribution is -2.65. The molecular weight excluding hydrogens is 265 g/mol. The van der Waals surface area contributed by atoms with Gasteiger partial charge in [0.2, 0.25) is 11.4 Å². The van der Waals surface area contributed by atoms with Crippen molar-refractivity contribution in [3.8, 4) is 0 Å². The van der Waals surface area contributed by atoms with Gasteiger partial charge in [0.25, 0.3) is 0 Å². The first-order valence-electron chi connectivity index (χ1n) is 5.83. The summed E-state index contributed by atoms with van der Waals surface area (Å²) in [7, 11) is 0. The Bertz CT molecular complexity index is 399. The molecule has 19 heavy (non-hydrogen) atoms. The van der Waals surface area contributed by atoms with Gasteiger partial charge in [-0.15, -0.1) is 0 Å². The molecule has 1 amide bonds. The van der Waals surface area contributed by atoms with Gasteiger partial charge in [0.15, 0.2) is 0 Å². The molecule has 0 aromatic carbocycles. The fourth-order valence-corrected chi connectivity index (χ4v) is 2.09. The van der Waals surface area contributed by atoms with Crippen molar-refractivity contribution in [3.63, 3.8) is 0 Å². The molecule has 1 rings (SSSR count). The molecule has 0 aromatic heterocycles. The van der Waals surface area contributed by atoms with Gasteiger partial charge >= 0.3 is 12.1 Å². The highest BCUT2D eigenvalue weighted by Gasteiger charge is 2.60. The first kappa shape index (κ1) is 15.7. The van der Waals surface area contributed by atoms with Gasteiger partial charge < -0.3 is 16.2 Å². The van der Waals surface area contributed by atoms with E-state index >= 15 is 0 Å². The van der Waals surface area contributed by atoms with Gasteiger partial charge in [-0.3, -0.25) is 4.79 Å². The normalized spacial score (nSPS) is 30.7. The Balaban J connectivity index is 2.99. The second-order valence-corrected chi connectivity index (χ2v) is 5.30. The average molecular weight is 282 g/mol. The highest BCUT2D eigenvalue weighted by atomic mass is 19.4. The average Bonchev–Trinajstić information content (AvgIpc) is 2.58. The van der Waals surface area contributed by atoms with Gasteiger partial charge in [-0.05, 0) is 26.7 Å². The summed E-state index contributed by atoms with van der Waals surface area (Å²) < 4.78 is 38.4. The van der Waals surface area contributed by atoms with Gasteiger partial charge in [-0.25, -0.2) is 4.79 Å². The number of carbonyl (C=O) groups excluding carboxylic acids is 1. The second kappa shape index (κ2) is 4.66. The highest BCUT2D eigenvalue weighted by Crippen LogP contribution is 2.39. The largest absolute Gasteiger partial charge is 0.479 e. The molecule has 0 bridgehead atoms. The fourth-order valence-electron chi connectivity index (χ4n) is 2.09. The van der Waals surface area contributed by atoms with E-state index in [0.717, 1.165) is 0 Å². The smallest absolute Gasteiger partial charge is 0.422 e. The first-order chi connectivity index (χ1) is 8.45. The second-order valence-electron chi connectivity index (χ2n) is 5.30. The van der Waals surface area contributed by atoms with E-state index in [2.05, 4.69) is 0 Å². The summed E-state index contributed by atoms with van der Waals surface area (Å²) in [5.74, 6) is -3.12. The van der Waals surface area contributed by atoms with Crippen molar-refractivity contribution in [3.05, 3.63) is 0 Å². The summed E-state index contributed by atoms with van der Waals surface area (Å²) in [4.78, 5) is 22.8. The highest BCUT2D eigenvalue weighted by molar-refractivity contribution is 5.90. The van der Waals surface area contributed by atoms with Crippen molar-refractivity contribution in [2.75, 3.05) is 0 Å². The number of hydrogen-bond donors (Lipinski definition) is 3. The third kappa shape index (κ3) is 2.54. The number of rotatable bonds is 3. The van der Waals surface area contributed by atoms with E-state index in [4.69, 9.17) is 10.8 Å². The minimum atomic E-state index is -5.09. The molecule has 0 heterocycles. The predicted molar refractivity (Wildman–Crippen MR) is 60.2 cm³/mol. The summed E-state index contributed by atoms with van der Waals surface area (Å²) in [6.45, 7) is 1.88. The van der Waals surface area contributed by atoms with Crippen molar-refractivity contribution in [1.29, 1.82) is 0 Å². The molecule has 0 aliphatic heterocycles. The van der Waals surface area contributed by atoms with Crippen LogP contribution in [-0.2, 0) is 9.59 Å². The van der Waals surface area contributed by atoms with Gasteiger partial charge in [0, 0.05) is 6.04 Å². The standard InChI is InChI=1S/C11H17F3N2O3/c1-9(5-3-4-6(9)15)7(17)16-10(2,8(18)19)11(12,13)14/h6H,3-5,15H2,1-2H3,(H,16,17)(H,18,19). The zero-order valence-electron chi connectivity index (χ0n) is 10.7. The third-order valence-electron chi connectivity index (χ3n) is 3.91. The lowest BCUT2D eigenvalue weighted by atomic mass is 9.83. The number of halogens is 3. The number of aliphatic carboxylic acids is 1. The summed E-state index contributed by atoms with van der Waals surface area (Å²) in [6.07, 6.45) is -3.60. The summed E-state index contributed by atoms with van der Waals surface area (Å²) in [5.41, 5.74) is 1.25. The number of carbonyl (C=O) groups is 2. The Morgan fingerprint density at radius 2 is 1.95 bits per heavy atom. The molecule has 0 spiro atoms. The molecule has 0 saturated heterocycles. The summed E-state index contributed by atoms with van der Waals surface area (Å²) in [5, 5.41) is 10.3. The lowest BCUT2D eigenvalue weighted by molar-refractivity contribution is -0.208. The van der Waals surface area contributed by atoms with Crippen LogP contribution >= 0.6 is 0 Å². The van der Waals surface area contributed by atoms with Crippen LogP contribution in [-0.4, -0.2) is 34.7 Å². The van der Waals surface area contributed by atoms with E-state index in [9.17, 15) is 22.8 Å².